The molecule has 2 aromatic heterocycles. The molecule has 102 valence electrons. The molecule has 2 N–H and O–H groups in total. The minimum Gasteiger partial charge on any atom is -0.367 e. The minimum atomic E-state index is 0.580. The third kappa shape index (κ3) is 2.04. The summed E-state index contributed by atoms with van der Waals surface area (Å²) in [4.78, 5) is 13.6. The summed E-state index contributed by atoms with van der Waals surface area (Å²) >= 11 is 0. The van der Waals surface area contributed by atoms with Crippen molar-refractivity contribution in [3.05, 3.63) is 35.8 Å². The van der Waals surface area contributed by atoms with Crippen LogP contribution in [-0.4, -0.2) is 21.0 Å². The molecule has 0 radical (unpaired) electrons. The van der Waals surface area contributed by atoms with E-state index in [1.54, 1.807) is 6.20 Å². The van der Waals surface area contributed by atoms with Gasteiger partial charge in [0.2, 0.25) is 0 Å². The lowest BCUT2D eigenvalue weighted by Gasteiger charge is -2.28. The van der Waals surface area contributed by atoms with Gasteiger partial charge in [-0.15, -0.1) is 0 Å². The zero-order chi connectivity index (χ0) is 13.4. The predicted octanol–water partition coefficient (Wildman–Crippen LogP) is 2.11. The van der Waals surface area contributed by atoms with E-state index in [-0.39, 0.29) is 0 Å². The molecule has 2 aliphatic rings. The van der Waals surface area contributed by atoms with Crippen molar-refractivity contribution in [1.82, 2.24) is 20.3 Å². The van der Waals surface area contributed by atoms with Gasteiger partial charge in [0.05, 0.1) is 5.69 Å². The first-order valence-corrected chi connectivity index (χ1v) is 7.17. The Morgan fingerprint density at radius 3 is 2.90 bits per heavy atom. The summed E-state index contributed by atoms with van der Waals surface area (Å²) in [6.45, 7) is 1.68. The monoisotopic (exact) mass is 267 g/mol. The van der Waals surface area contributed by atoms with Crippen LogP contribution in [-0.2, 0) is 13.1 Å². The summed E-state index contributed by atoms with van der Waals surface area (Å²) in [7, 11) is 0. The van der Waals surface area contributed by atoms with Gasteiger partial charge in [0.25, 0.3) is 0 Å². The molecule has 2 aromatic rings. The quantitative estimate of drug-likeness (QED) is 0.891. The first-order chi connectivity index (χ1) is 9.90. The lowest BCUT2D eigenvalue weighted by Crippen LogP contribution is -2.28. The fourth-order valence-electron chi connectivity index (χ4n) is 2.66. The summed E-state index contributed by atoms with van der Waals surface area (Å²) in [6, 6.07) is 4.50. The van der Waals surface area contributed by atoms with Crippen molar-refractivity contribution in [3.8, 4) is 11.4 Å². The second kappa shape index (κ2) is 4.83. The molecule has 1 fully saturated rings. The smallest absolute Gasteiger partial charge is 0.163 e. The van der Waals surface area contributed by atoms with Crippen LogP contribution in [0.5, 0.6) is 0 Å². The Morgan fingerprint density at radius 2 is 2.15 bits per heavy atom. The lowest BCUT2D eigenvalue weighted by atomic mass is 9.93. The highest BCUT2D eigenvalue weighted by Crippen LogP contribution is 2.29. The largest absolute Gasteiger partial charge is 0.367 e. The average molecular weight is 267 g/mol. The van der Waals surface area contributed by atoms with E-state index < -0.39 is 0 Å². The van der Waals surface area contributed by atoms with Crippen LogP contribution in [0, 0.1) is 0 Å². The molecule has 0 unspecified atom stereocenters. The Morgan fingerprint density at radius 1 is 1.20 bits per heavy atom. The van der Waals surface area contributed by atoms with Gasteiger partial charge in [-0.05, 0) is 31.4 Å². The molecular weight excluding hydrogens is 250 g/mol. The van der Waals surface area contributed by atoms with Crippen molar-refractivity contribution in [3.63, 3.8) is 0 Å². The van der Waals surface area contributed by atoms with Crippen LogP contribution in [0.1, 0.15) is 30.5 Å². The first-order valence-electron chi connectivity index (χ1n) is 7.17. The van der Waals surface area contributed by atoms with Crippen molar-refractivity contribution in [1.29, 1.82) is 0 Å². The summed E-state index contributed by atoms with van der Waals surface area (Å²) < 4.78 is 0. The Balaban J connectivity index is 1.75. The summed E-state index contributed by atoms with van der Waals surface area (Å²) in [6.07, 6.45) is 7.39. The molecule has 5 heteroatoms. The fraction of sp³-hybridized carbons (Fsp3) is 0.400. The van der Waals surface area contributed by atoms with E-state index in [0.717, 1.165) is 36.0 Å². The number of nitrogens with zero attached hydrogens (tertiary/aromatic N) is 3. The molecule has 20 heavy (non-hydrogen) atoms. The molecular formula is C15H17N5. The molecule has 0 amide bonds. The van der Waals surface area contributed by atoms with Crippen molar-refractivity contribution >= 4 is 5.82 Å². The van der Waals surface area contributed by atoms with Crippen molar-refractivity contribution in [2.24, 2.45) is 0 Å². The fourth-order valence-corrected chi connectivity index (χ4v) is 2.66. The topological polar surface area (TPSA) is 62.7 Å². The third-order valence-electron chi connectivity index (χ3n) is 4.05. The van der Waals surface area contributed by atoms with Crippen LogP contribution < -0.4 is 10.6 Å². The van der Waals surface area contributed by atoms with Crippen LogP contribution in [0.4, 0.5) is 5.82 Å². The summed E-state index contributed by atoms with van der Waals surface area (Å²) in [5, 5.41) is 6.94. The normalized spacial score (nSPS) is 17.6. The number of anilines is 1. The van der Waals surface area contributed by atoms with Gasteiger partial charge in [0.1, 0.15) is 5.82 Å². The molecule has 0 saturated heterocycles. The van der Waals surface area contributed by atoms with Gasteiger partial charge in [-0.3, -0.25) is 4.98 Å². The van der Waals surface area contributed by atoms with Gasteiger partial charge in [0, 0.05) is 42.7 Å². The van der Waals surface area contributed by atoms with Gasteiger partial charge in [-0.1, -0.05) is 0 Å². The van der Waals surface area contributed by atoms with Crippen LogP contribution in [0.25, 0.3) is 11.4 Å². The zero-order valence-electron chi connectivity index (χ0n) is 11.3. The average Bonchev–Trinajstić information content (AvgIpc) is 2.92. The van der Waals surface area contributed by atoms with Crippen LogP contribution in [0.2, 0.25) is 0 Å². The summed E-state index contributed by atoms with van der Waals surface area (Å²) in [5.74, 6) is 1.77. The Labute approximate surface area is 117 Å². The molecule has 0 atom stereocenters. The number of fused-ring (bicyclic) bond motifs is 1. The molecule has 0 spiro atoms. The van der Waals surface area contributed by atoms with Crippen LogP contribution in [0.3, 0.4) is 0 Å². The highest BCUT2D eigenvalue weighted by atomic mass is 15.1. The Kier molecular flexibility index (Phi) is 2.85. The number of hydrogen-bond donors (Lipinski definition) is 2. The first kappa shape index (κ1) is 11.8. The molecule has 0 bridgehead atoms. The van der Waals surface area contributed by atoms with E-state index >= 15 is 0 Å². The van der Waals surface area contributed by atoms with Crippen molar-refractivity contribution in [2.75, 3.05) is 5.32 Å². The van der Waals surface area contributed by atoms with Gasteiger partial charge in [-0.25, -0.2) is 9.97 Å². The van der Waals surface area contributed by atoms with Crippen molar-refractivity contribution in [2.45, 2.75) is 38.4 Å². The Bertz CT molecular complexity index is 622. The third-order valence-corrected chi connectivity index (χ3v) is 4.05. The maximum atomic E-state index is 4.73. The second-order valence-corrected chi connectivity index (χ2v) is 5.44. The van der Waals surface area contributed by atoms with E-state index in [0.29, 0.717) is 6.04 Å². The number of hydrogen-bond acceptors (Lipinski definition) is 5. The van der Waals surface area contributed by atoms with E-state index in [2.05, 4.69) is 20.6 Å². The molecule has 0 aromatic carbocycles. The maximum absolute atomic E-state index is 4.73. The molecule has 5 nitrogen and oxygen atoms in total. The maximum Gasteiger partial charge on any atom is 0.163 e. The minimum absolute atomic E-state index is 0.580. The van der Waals surface area contributed by atoms with E-state index in [9.17, 15) is 0 Å². The molecule has 1 aliphatic carbocycles. The zero-order valence-corrected chi connectivity index (χ0v) is 11.3. The highest BCUT2D eigenvalue weighted by molar-refractivity contribution is 5.60. The van der Waals surface area contributed by atoms with Crippen LogP contribution >= 0.6 is 0 Å². The number of rotatable bonds is 3. The molecule has 1 aliphatic heterocycles. The molecule has 3 heterocycles. The second-order valence-electron chi connectivity index (χ2n) is 5.44. The van der Waals surface area contributed by atoms with E-state index in [4.69, 9.17) is 4.98 Å². The van der Waals surface area contributed by atoms with E-state index in [1.807, 2.05) is 18.3 Å². The Hall–Kier alpha value is -2.01. The standard InChI is InChI=1S/C15H17N5/c1-4-11(5-1)18-15-12-8-17-9-13(12)19-14(20-15)10-3-2-6-16-7-10/h2-3,6-7,11,17H,1,4-5,8-9H2,(H,18,19,20). The van der Waals surface area contributed by atoms with Gasteiger partial charge in [0.15, 0.2) is 5.82 Å². The lowest BCUT2D eigenvalue weighted by molar-refractivity contribution is 0.444. The van der Waals surface area contributed by atoms with Gasteiger partial charge >= 0.3 is 0 Å². The molecule has 1 saturated carbocycles. The van der Waals surface area contributed by atoms with E-state index in [1.165, 1.54) is 24.8 Å². The molecule has 4 rings (SSSR count). The summed E-state index contributed by atoms with van der Waals surface area (Å²) in [5.41, 5.74) is 3.31. The number of aromatic nitrogens is 3. The number of nitrogens with one attached hydrogen (secondary N) is 2. The highest BCUT2D eigenvalue weighted by Gasteiger charge is 2.23. The van der Waals surface area contributed by atoms with Crippen LogP contribution in [0.15, 0.2) is 24.5 Å². The SMILES string of the molecule is c1cncc(-c2nc3c(c(NC4CCC4)n2)CNC3)c1. The van der Waals surface area contributed by atoms with Gasteiger partial charge in [-0.2, -0.15) is 0 Å². The van der Waals surface area contributed by atoms with Crippen molar-refractivity contribution < 1.29 is 0 Å². The predicted molar refractivity (Wildman–Crippen MR) is 77.1 cm³/mol. The number of pyridine rings is 1. The van der Waals surface area contributed by atoms with Gasteiger partial charge < -0.3 is 10.6 Å².